The third kappa shape index (κ3) is 11.5. The summed E-state index contributed by atoms with van der Waals surface area (Å²) in [4.78, 5) is 10.2. The van der Waals surface area contributed by atoms with Crippen molar-refractivity contribution in [3.05, 3.63) is 83.1 Å². The van der Waals surface area contributed by atoms with E-state index in [-0.39, 0.29) is 37.3 Å². The van der Waals surface area contributed by atoms with Crippen LogP contribution in [0.2, 0.25) is 26.2 Å². The molecule has 1 aromatic carbocycles. The van der Waals surface area contributed by atoms with Gasteiger partial charge in [-0.15, -0.1) is 23.2 Å². The fraction of sp³-hybridized carbons (Fsp3) is 0.500. The van der Waals surface area contributed by atoms with Crippen molar-refractivity contribution in [1.82, 2.24) is 0 Å². The van der Waals surface area contributed by atoms with Crippen LogP contribution < -0.4 is 0 Å². The largest absolute Gasteiger partial charge is 4.00 e. The van der Waals surface area contributed by atoms with Gasteiger partial charge >= 0.3 is 26.2 Å². The Kier molecular flexibility index (Phi) is 11.4. The van der Waals surface area contributed by atoms with E-state index >= 15 is 0 Å². The van der Waals surface area contributed by atoms with Crippen molar-refractivity contribution >= 4 is 16.5 Å². The van der Waals surface area contributed by atoms with Crippen molar-refractivity contribution in [3.63, 3.8) is 0 Å². The second kappa shape index (κ2) is 11.3. The van der Waals surface area contributed by atoms with Crippen molar-refractivity contribution in [3.8, 4) is 0 Å². The van der Waals surface area contributed by atoms with E-state index in [1.54, 1.807) is 0 Å². The molecule has 0 bridgehead atoms. The summed E-state index contributed by atoms with van der Waals surface area (Å²) >= 11 is 0. The average Bonchev–Trinajstić information content (AvgIpc) is 2.95. The predicted molar refractivity (Wildman–Crippen MR) is 131 cm³/mol. The molecule has 0 saturated heterocycles. The molecule has 2 nitrogen and oxygen atoms in total. The molecular formula is C24H40N2Si2Zr+. The molecule has 0 spiro atoms. The first-order chi connectivity index (χ1) is 12.5. The van der Waals surface area contributed by atoms with Gasteiger partial charge in [-0.2, -0.15) is 24.6 Å². The molecule has 1 aromatic rings. The van der Waals surface area contributed by atoms with Gasteiger partial charge in [0.05, 0.1) is 0 Å². The zero-order valence-electron chi connectivity index (χ0n) is 20.2. The normalized spacial score (nSPS) is 16.8. The second-order valence-corrected chi connectivity index (χ2v) is 18.4. The Bertz CT molecular complexity index is 555. The number of hydrogen-bond acceptors (Lipinski definition) is 0. The maximum Gasteiger partial charge on any atom is 4.00 e. The van der Waals surface area contributed by atoms with Gasteiger partial charge in [-0.25, -0.2) is 0 Å². The SMILES string of the molecule is CC(C)(C)[N-][Si](C)(C)[C]1[CH][CH][C]([Si](C)(C)[N-]C(C)(C)C)[CH]1.[CH2-]c1ccccc1.[Zr+4]. The Labute approximate surface area is 203 Å². The summed E-state index contributed by atoms with van der Waals surface area (Å²) in [5.41, 5.74) is 4.03. The molecule has 1 aliphatic rings. The van der Waals surface area contributed by atoms with E-state index in [0.29, 0.717) is 0 Å². The van der Waals surface area contributed by atoms with Gasteiger partial charge in [-0.1, -0.05) is 90.3 Å². The standard InChI is InChI=1S/C17H33N2Si2.C7H7.Zr/c1-16(2,3)18-20(7,8)14-11-12-15(13-14)21(9,10)19-17(4,5)6;1-7-5-3-2-4-6-7;/h11-13H,1-10H3;2-6H,1H2;/q-2;-1;+4. The molecule has 29 heavy (non-hydrogen) atoms. The van der Waals surface area contributed by atoms with Crippen LogP contribution in [0.4, 0.5) is 0 Å². The quantitative estimate of drug-likeness (QED) is 0.301. The van der Waals surface area contributed by atoms with Gasteiger partial charge in [-0.3, -0.25) is 0 Å². The molecule has 157 valence electrons. The van der Waals surface area contributed by atoms with E-state index in [1.165, 1.54) is 11.1 Å². The van der Waals surface area contributed by atoms with E-state index in [9.17, 15) is 0 Å². The summed E-state index contributed by atoms with van der Waals surface area (Å²) in [5.74, 6) is 0. The third-order valence-electron chi connectivity index (χ3n) is 4.24. The Balaban J connectivity index is 0.000000824. The van der Waals surface area contributed by atoms with E-state index in [1.807, 2.05) is 30.3 Å². The van der Waals surface area contributed by atoms with Gasteiger partial charge in [0.15, 0.2) is 0 Å². The summed E-state index contributed by atoms with van der Waals surface area (Å²) in [6.45, 7) is 26.2. The van der Waals surface area contributed by atoms with Crippen LogP contribution in [0.15, 0.2) is 30.3 Å². The number of rotatable bonds is 4. The minimum absolute atomic E-state index is 0. The van der Waals surface area contributed by atoms with Gasteiger partial charge in [0.1, 0.15) is 0 Å². The minimum Gasteiger partial charge on any atom is -0.659 e. The molecule has 1 aliphatic carbocycles. The van der Waals surface area contributed by atoms with E-state index in [0.717, 1.165) is 5.56 Å². The zero-order chi connectivity index (χ0) is 21.8. The Hall–Kier alpha value is 0.327. The maximum atomic E-state index is 5.11. The van der Waals surface area contributed by atoms with Crippen LogP contribution in [-0.4, -0.2) is 27.5 Å². The van der Waals surface area contributed by atoms with Crippen molar-refractivity contribution in [1.29, 1.82) is 0 Å². The fourth-order valence-electron chi connectivity index (χ4n) is 3.49. The third-order valence-corrected chi connectivity index (χ3v) is 10.1. The molecule has 0 aliphatic heterocycles. The fourth-order valence-corrected chi connectivity index (χ4v) is 9.25. The maximum absolute atomic E-state index is 5.11. The Morgan fingerprint density at radius 1 is 0.690 bits per heavy atom. The molecule has 0 N–H and O–H groups in total. The molecule has 1 saturated carbocycles. The van der Waals surface area contributed by atoms with Crippen molar-refractivity contribution in [2.24, 2.45) is 0 Å². The predicted octanol–water partition coefficient (Wildman–Crippen LogP) is 7.46. The summed E-state index contributed by atoms with van der Waals surface area (Å²) in [5, 5.41) is 0. The topological polar surface area (TPSA) is 28.2 Å². The molecule has 5 radical (unpaired) electrons. The van der Waals surface area contributed by atoms with Crippen LogP contribution in [0.25, 0.3) is 9.96 Å². The van der Waals surface area contributed by atoms with Gasteiger partial charge in [0, 0.05) is 0 Å². The summed E-state index contributed by atoms with van der Waals surface area (Å²) in [6, 6.07) is 9.87. The number of benzene rings is 1. The van der Waals surface area contributed by atoms with E-state index < -0.39 is 16.5 Å². The molecule has 2 rings (SSSR count). The number of hydrogen-bond donors (Lipinski definition) is 0. The van der Waals surface area contributed by atoms with E-state index in [2.05, 4.69) is 93.9 Å². The molecule has 1 fully saturated rings. The van der Waals surface area contributed by atoms with Crippen LogP contribution >= 0.6 is 0 Å². The van der Waals surface area contributed by atoms with Crippen LogP contribution in [0.3, 0.4) is 0 Å². The van der Waals surface area contributed by atoms with Crippen molar-refractivity contribution in [2.75, 3.05) is 0 Å². The van der Waals surface area contributed by atoms with Crippen molar-refractivity contribution < 1.29 is 26.2 Å². The monoisotopic (exact) mass is 502 g/mol. The van der Waals surface area contributed by atoms with Gasteiger partial charge in [0.25, 0.3) is 0 Å². The van der Waals surface area contributed by atoms with Crippen LogP contribution in [0, 0.1) is 37.3 Å². The Morgan fingerprint density at radius 2 is 1.03 bits per heavy atom. The molecule has 0 aromatic heterocycles. The van der Waals surface area contributed by atoms with Crippen LogP contribution in [-0.2, 0) is 26.2 Å². The van der Waals surface area contributed by atoms with Crippen LogP contribution in [0.1, 0.15) is 47.1 Å². The molecular weight excluding hydrogens is 464 g/mol. The Morgan fingerprint density at radius 3 is 1.28 bits per heavy atom. The molecule has 5 heteroatoms. The zero-order valence-corrected chi connectivity index (χ0v) is 24.7. The first kappa shape index (κ1) is 29.3. The van der Waals surface area contributed by atoms with Crippen LogP contribution in [0.5, 0.6) is 0 Å². The smallest absolute Gasteiger partial charge is 0.659 e. The summed E-state index contributed by atoms with van der Waals surface area (Å²) < 4.78 is 0. The molecule has 0 unspecified atom stereocenters. The van der Waals surface area contributed by atoms with Gasteiger partial charge in [0.2, 0.25) is 0 Å². The van der Waals surface area contributed by atoms with E-state index in [4.69, 9.17) is 9.96 Å². The first-order valence-corrected chi connectivity index (χ1v) is 16.0. The number of nitrogens with zero attached hydrogens (tertiary/aromatic N) is 2. The molecule has 0 amide bonds. The average molecular weight is 504 g/mol. The minimum atomic E-state index is -1.73. The van der Waals surface area contributed by atoms with Gasteiger partial charge < -0.3 is 9.96 Å². The molecule has 0 atom stereocenters. The van der Waals surface area contributed by atoms with Gasteiger partial charge in [-0.05, 0) is 30.3 Å². The first-order valence-electron chi connectivity index (χ1n) is 10.1. The summed E-state index contributed by atoms with van der Waals surface area (Å²) in [7, 11) is -3.45. The van der Waals surface area contributed by atoms with Crippen molar-refractivity contribution in [2.45, 2.75) is 78.8 Å². The second-order valence-electron chi connectivity index (χ2n) is 10.6. The summed E-state index contributed by atoms with van der Waals surface area (Å²) in [6.07, 6.45) is 6.98. The molecule has 0 heterocycles.